The molecule has 31 heavy (non-hydrogen) atoms. The van der Waals surface area contributed by atoms with Crippen LogP contribution in [-0.2, 0) is 14.3 Å². The van der Waals surface area contributed by atoms with Gasteiger partial charge in [0.15, 0.2) is 10.6 Å². The van der Waals surface area contributed by atoms with Crippen molar-refractivity contribution < 1.29 is 23.9 Å². The summed E-state index contributed by atoms with van der Waals surface area (Å²) in [6.07, 6.45) is 5.56. The molecule has 0 radical (unpaired) electrons. The zero-order valence-corrected chi connectivity index (χ0v) is 19.0. The number of hydrogen-bond acceptors (Lipinski definition) is 6. The molecule has 2 heterocycles. The lowest BCUT2D eigenvalue weighted by Gasteiger charge is -2.20. The van der Waals surface area contributed by atoms with Crippen molar-refractivity contribution in [2.75, 3.05) is 32.1 Å². The van der Waals surface area contributed by atoms with E-state index in [0.29, 0.717) is 22.9 Å². The Morgan fingerprint density at radius 2 is 1.84 bits per heavy atom. The molecule has 1 saturated heterocycles. The number of esters is 1. The SMILES string of the molecule is CCCOc1c(C(=O)OC)sc2ccc(NC(=O)CCC(=O)N3CCCCCC3)cc12. The minimum absolute atomic E-state index is 0.0447. The Labute approximate surface area is 186 Å². The summed E-state index contributed by atoms with van der Waals surface area (Å²) in [6.45, 7) is 4.05. The normalized spacial score (nSPS) is 14.2. The first kappa shape index (κ1) is 23.1. The smallest absolute Gasteiger partial charge is 0.351 e. The second kappa shape index (κ2) is 11.1. The van der Waals surface area contributed by atoms with Crippen LogP contribution in [0.3, 0.4) is 0 Å². The maximum atomic E-state index is 12.4. The molecular weight excluding hydrogens is 416 g/mol. The molecule has 1 aliphatic heterocycles. The van der Waals surface area contributed by atoms with Gasteiger partial charge in [-0.3, -0.25) is 9.59 Å². The van der Waals surface area contributed by atoms with Gasteiger partial charge in [-0.05, 0) is 37.5 Å². The van der Waals surface area contributed by atoms with Gasteiger partial charge in [0.25, 0.3) is 0 Å². The molecule has 0 spiro atoms. The van der Waals surface area contributed by atoms with E-state index in [2.05, 4.69) is 5.32 Å². The number of methoxy groups -OCH3 is 1. The number of carbonyl (C=O) groups excluding carboxylic acids is 3. The van der Waals surface area contributed by atoms with Gasteiger partial charge >= 0.3 is 5.97 Å². The fraction of sp³-hybridized carbons (Fsp3) is 0.522. The van der Waals surface area contributed by atoms with Crippen LogP contribution in [0.4, 0.5) is 5.69 Å². The lowest BCUT2D eigenvalue weighted by atomic mass is 10.2. The Kier molecular flexibility index (Phi) is 8.28. The summed E-state index contributed by atoms with van der Waals surface area (Å²) >= 11 is 1.30. The zero-order chi connectivity index (χ0) is 22.2. The first-order valence-electron chi connectivity index (χ1n) is 10.9. The van der Waals surface area contributed by atoms with Crippen LogP contribution in [0.2, 0.25) is 0 Å². The van der Waals surface area contributed by atoms with Gasteiger partial charge in [0.2, 0.25) is 11.8 Å². The summed E-state index contributed by atoms with van der Waals surface area (Å²) in [5, 5.41) is 3.63. The van der Waals surface area contributed by atoms with Gasteiger partial charge in [-0.15, -0.1) is 11.3 Å². The van der Waals surface area contributed by atoms with Gasteiger partial charge in [0.05, 0.1) is 13.7 Å². The van der Waals surface area contributed by atoms with Gasteiger partial charge in [-0.25, -0.2) is 4.79 Å². The number of amides is 2. The van der Waals surface area contributed by atoms with E-state index in [9.17, 15) is 14.4 Å². The third-order valence-corrected chi connectivity index (χ3v) is 6.40. The number of hydrogen-bond donors (Lipinski definition) is 1. The van der Waals surface area contributed by atoms with Crippen molar-refractivity contribution in [3.8, 4) is 5.75 Å². The molecule has 2 amide bonds. The molecule has 1 aromatic carbocycles. The quantitative estimate of drug-likeness (QED) is 0.599. The number of fused-ring (bicyclic) bond motifs is 1. The van der Waals surface area contributed by atoms with Gasteiger partial charge in [0, 0.05) is 41.7 Å². The summed E-state index contributed by atoms with van der Waals surface area (Å²) in [5.41, 5.74) is 0.607. The van der Waals surface area contributed by atoms with Crippen molar-refractivity contribution in [2.45, 2.75) is 51.9 Å². The summed E-state index contributed by atoms with van der Waals surface area (Å²) < 4.78 is 11.6. The van der Waals surface area contributed by atoms with E-state index in [1.165, 1.54) is 18.4 Å². The highest BCUT2D eigenvalue weighted by Gasteiger charge is 2.21. The van der Waals surface area contributed by atoms with Gasteiger partial charge < -0.3 is 19.7 Å². The van der Waals surface area contributed by atoms with Crippen LogP contribution >= 0.6 is 11.3 Å². The second-order valence-electron chi connectivity index (χ2n) is 7.65. The second-order valence-corrected chi connectivity index (χ2v) is 8.71. The van der Waals surface area contributed by atoms with Crippen molar-refractivity contribution in [2.24, 2.45) is 0 Å². The van der Waals surface area contributed by atoms with Gasteiger partial charge in [-0.2, -0.15) is 0 Å². The van der Waals surface area contributed by atoms with Crippen LogP contribution in [0.25, 0.3) is 10.1 Å². The molecule has 1 N–H and O–H groups in total. The van der Waals surface area contributed by atoms with Crippen LogP contribution in [0.5, 0.6) is 5.75 Å². The Morgan fingerprint density at radius 3 is 2.52 bits per heavy atom. The number of anilines is 1. The van der Waals surface area contributed by atoms with E-state index >= 15 is 0 Å². The summed E-state index contributed by atoms with van der Waals surface area (Å²) in [7, 11) is 1.34. The van der Waals surface area contributed by atoms with Crippen LogP contribution in [0.1, 0.15) is 61.5 Å². The van der Waals surface area contributed by atoms with E-state index in [1.807, 2.05) is 17.9 Å². The summed E-state index contributed by atoms with van der Waals surface area (Å²) in [4.78, 5) is 39.3. The monoisotopic (exact) mass is 446 g/mol. The van der Waals surface area contributed by atoms with Crippen molar-refractivity contribution >= 4 is 44.9 Å². The molecule has 7 nitrogen and oxygen atoms in total. The third-order valence-electron chi connectivity index (χ3n) is 5.27. The molecule has 8 heteroatoms. The fourth-order valence-electron chi connectivity index (χ4n) is 3.65. The number of benzene rings is 1. The molecule has 1 aromatic heterocycles. The molecule has 0 bridgehead atoms. The minimum Gasteiger partial charge on any atom is -0.491 e. The van der Waals surface area contributed by atoms with Crippen molar-refractivity contribution in [3.63, 3.8) is 0 Å². The molecule has 168 valence electrons. The van der Waals surface area contributed by atoms with Gasteiger partial charge in [-0.1, -0.05) is 19.8 Å². The molecule has 2 aromatic rings. The lowest BCUT2D eigenvalue weighted by Crippen LogP contribution is -2.32. The molecule has 0 atom stereocenters. The van der Waals surface area contributed by atoms with E-state index in [0.717, 1.165) is 55.3 Å². The lowest BCUT2D eigenvalue weighted by molar-refractivity contribution is -0.132. The largest absolute Gasteiger partial charge is 0.491 e. The van der Waals surface area contributed by atoms with Crippen molar-refractivity contribution in [3.05, 3.63) is 23.1 Å². The highest BCUT2D eigenvalue weighted by atomic mass is 32.1. The van der Waals surface area contributed by atoms with Crippen LogP contribution in [-0.4, -0.2) is 49.5 Å². The molecule has 1 aliphatic rings. The molecule has 1 fully saturated rings. The summed E-state index contributed by atoms with van der Waals surface area (Å²) in [5.74, 6) is -0.115. The fourth-order valence-corrected chi connectivity index (χ4v) is 4.70. The topological polar surface area (TPSA) is 84.9 Å². The third kappa shape index (κ3) is 5.97. The number of thiophene rings is 1. The predicted octanol–water partition coefficient (Wildman–Crippen LogP) is 4.60. The van der Waals surface area contributed by atoms with E-state index in [1.54, 1.807) is 12.1 Å². The standard InChI is InChI=1S/C23H30N2O5S/c1-3-14-30-21-17-15-16(8-9-18(17)31-22(21)23(28)29-2)24-19(26)10-11-20(27)25-12-6-4-5-7-13-25/h8-9,15H,3-7,10-14H2,1-2H3,(H,24,26). The van der Waals surface area contributed by atoms with E-state index < -0.39 is 5.97 Å². The van der Waals surface area contributed by atoms with E-state index in [4.69, 9.17) is 9.47 Å². The number of nitrogens with zero attached hydrogens (tertiary/aromatic N) is 1. The van der Waals surface area contributed by atoms with Crippen LogP contribution < -0.4 is 10.1 Å². The van der Waals surface area contributed by atoms with Crippen molar-refractivity contribution in [1.82, 2.24) is 4.90 Å². The van der Waals surface area contributed by atoms with Crippen LogP contribution in [0, 0.1) is 0 Å². The maximum Gasteiger partial charge on any atom is 0.351 e. The number of carbonyl (C=O) groups is 3. The van der Waals surface area contributed by atoms with E-state index in [-0.39, 0.29) is 24.7 Å². The number of ether oxygens (including phenoxy) is 2. The zero-order valence-electron chi connectivity index (χ0n) is 18.2. The minimum atomic E-state index is -0.440. The Morgan fingerprint density at radius 1 is 1.10 bits per heavy atom. The molecule has 0 unspecified atom stereocenters. The molecule has 0 aliphatic carbocycles. The molecular formula is C23H30N2O5S. The first-order valence-corrected chi connectivity index (χ1v) is 11.7. The highest BCUT2D eigenvalue weighted by Crippen LogP contribution is 2.39. The maximum absolute atomic E-state index is 12.4. The average Bonchev–Trinajstić information content (AvgIpc) is 2.93. The highest BCUT2D eigenvalue weighted by molar-refractivity contribution is 7.21. The molecule has 0 saturated carbocycles. The summed E-state index contributed by atoms with van der Waals surface area (Å²) in [6, 6.07) is 5.44. The van der Waals surface area contributed by atoms with Crippen molar-refractivity contribution in [1.29, 1.82) is 0 Å². The number of rotatable bonds is 8. The van der Waals surface area contributed by atoms with Crippen LogP contribution in [0.15, 0.2) is 18.2 Å². The Bertz CT molecular complexity index is 931. The Hall–Kier alpha value is -2.61. The number of nitrogens with one attached hydrogen (secondary N) is 1. The first-order chi connectivity index (χ1) is 15.0. The Balaban J connectivity index is 1.67. The van der Waals surface area contributed by atoms with Gasteiger partial charge in [0.1, 0.15) is 0 Å². The number of likely N-dealkylation sites (tertiary alicyclic amines) is 1. The molecule has 3 rings (SSSR count). The average molecular weight is 447 g/mol. The predicted molar refractivity (Wildman–Crippen MR) is 122 cm³/mol.